The number of halogens is 1. The number of hydrogen-bond donors (Lipinski definition) is 2. The second-order valence-electron chi connectivity index (χ2n) is 4.56. The summed E-state index contributed by atoms with van der Waals surface area (Å²) in [6.45, 7) is 3.78. The summed E-state index contributed by atoms with van der Waals surface area (Å²) in [6, 6.07) is 4.03. The molecule has 1 aliphatic heterocycles. The van der Waals surface area contributed by atoms with Gasteiger partial charge < -0.3 is 10.6 Å². The van der Waals surface area contributed by atoms with E-state index in [2.05, 4.69) is 33.5 Å². The van der Waals surface area contributed by atoms with Gasteiger partial charge in [-0.1, -0.05) is 6.92 Å². The number of amides is 1. The van der Waals surface area contributed by atoms with E-state index in [1.54, 1.807) is 11.3 Å². The Kier molecular flexibility index (Phi) is 4.59. The summed E-state index contributed by atoms with van der Waals surface area (Å²) >= 11 is 5.08. The van der Waals surface area contributed by atoms with E-state index >= 15 is 0 Å². The maximum Gasteiger partial charge on any atom is 0.237 e. The zero-order valence-electron chi connectivity index (χ0n) is 9.83. The van der Waals surface area contributed by atoms with Crippen LogP contribution in [-0.4, -0.2) is 18.5 Å². The molecule has 0 aromatic carbocycles. The van der Waals surface area contributed by atoms with Crippen LogP contribution in [0.1, 0.15) is 24.6 Å². The molecule has 1 aromatic rings. The highest BCUT2D eigenvalue weighted by atomic mass is 79.9. The Balaban J connectivity index is 1.80. The fraction of sp³-hybridized carbons (Fsp3) is 0.583. The van der Waals surface area contributed by atoms with Crippen molar-refractivity contribution in [2.45, 2.75) is 32.4 Å². The molecule has 0 aliphatic carbocycles. The molecule has 1 amide bonds. The minimum Gasteiger partial charge on any atom is -0.350 e. The van der Waals surface area contributed by atoms with Gasteiger partial charge in [0.25, 0.3) is 0 Å². The van der Waals surface area contributed by atoms with Crippen molar-refractivity contribution in [1.29, 1.82) is 0 Å². The van der Waals surface area contributed by atoms with Crippen LogP contribution in [0.25, 0.3) is 0 Å². The van der Waals surface area contributed by atoms with E-state index in [1.165, 1.54) is 11.3 Å². The standard InChI is InChI=1S/C12H17BrN2OS/c1-8-4-5-14-10(6-8)12(16)15-7-9-2-3-11(13)17-9/h2-3,8,10,14H,4-7H2,1H3,(H,15,16). The highest BCUT2D eigenvalue weighted by Crippen LogP contribution is 2.22. The highest BCUT2D eigenvalue weighted by molar-refractivity contribution is 9.11. The lowest BCUT2D eigenvalue weighted by atomic mass is 9.94. The summed E-state index contributed by atoms with van der Waals surface area (Å²) in [5.41, 5.74) is 0. The Bertz CT molecular complexity index is 394. The molecular weight excluding hydrogens is 300 g/mol. The molecule has 1 fully saturated rings. The lowest BCUT2D eigenvalue weighted by molar-refractivity contribution is -0.124. The van der Waals surface area contributed by atoms with Crippen molar-refractivity contribution < 1.29 is 4.79 Å². The Morgan fingerprint density at radius 1 is 1.65 bits per heavy atom. The maximum atomic E-state index is 11.9. The zero-order valence-corrected chi connectivity index (χ0v) is 12.2. The lowest BCUT2D eigenvalue weighted by Gasteiger charge is -2.27. The third-order valence-electron chi connectivity index (χ3n) is 3.05. The molecule has 2 rings (SSSR count). The van der Waals surface area contributed by atoms with Gasteiger partial charge in [0.1, 0.15) is 0 Å². The fourth-order valence-corrected chi connectivity index (χ4v) is 3.47. The quantitative estimate of drug-likeness (QED) is 0.899. The first-order valence-corrected chi connectivity index (χ1v) is 7.51. The van der Waals surface area contributed by atoms with E-state index in [9.17, 15) is 4.79 Å². The Morgan fingerprint density at radius 3 is 3.12 bits per heavy atom. The maximum absolute atomic E-state index is 11.9. The van der Waals surface area contributed by atoms with Crippen molar-refractivity contribution in [2.75, 3.05) is 6.54 Å². The minimum atomic E-state index is -0.0119. The first-order valence-electron chi connectivity index (χ1n) is 5.90. The van der Waals surface area contributed by atoms with E-state index in [0.717, 1.165) is 16.8 Å². The summed E-state index contributed by atoms with van der Waals surface area (Å²) in [5.74, 6) is 0.768. The Hall–Kier alpha value is -0.390. The normalized spacial score (nSPS) is 24.6. The largest absolute Gasteiger partial charge is 0.350 e. The molecular formula is C12H17BrN2OS. The van der Waals surface area contributed by atoms with Gasteiger partial charge in [-0.15, -0.1) is 11.3 Å². The summed E-state index contributed by atoms with van der Waals surface area (Å²) in [5, 5.41) is 6.26. The van der Waals surface area contributed by atoms with Crippen LogP contribution >= 0.6 is 27.3 Å². The zero-order chi connectivity index (χ0) is 12.3. The Labute approximate surface area is 114 Å². The average Bonchev–Trinajstić information content (AvgIpc) is 2.72. The molecule has 94 valence electrons. The molecule has 1 aromatic heterocycles. The number of thiophene rings is 1. The van der Waals surface area contributed by atoms with Crippen molar-refractivity contribution in [3.8, 4) is 0 Å². The van der Waals surface area contributed by atoms with Crippen molar-refractivity contribution >= 4 is 33.2 Å². The van der Waals surface area contributed by atoms with Gasteiger partial charge in [0.05, 0.1) is 16.4 Å². The molecule has 17 heavy (non-hydrogen) atoms. The van der Waals surface area contributed by atoms with Gasteiger partial charge in [0, 0.05) is 4.88 Å². The van der Waals surface area contributed by atoms with E-state index in [0.29, 0.717) is 12.5 Å². The van der Waals surface area contributed by atoms with Gasteiger partial charge in [0.2, 0.25) is 5.91 Å². The molecule has 1 aliphatic rings. The van der Waals surface area contributed by atoms with Crippen molar-refractivity contribution in [3.63, 3.8) is 0 Å². The fourth-order valence-electron chi connectivity index (χ4n) is 2.05. The first-order chi connectivity index (χ1) is 8.15. The highest BCUT2D eigenvalue weighted by Gasteiger charge is 2.24. The third kappa shape index (κ3) is 3.79. The first kappa shape index (κ1) is 13.1. The number of rotatable bonds is 3. The minimum absolute atomic E-state index is 0.0119. The van der Waals surface area contributed by atoms with Crippen LogP contribution in [0, 0.1) is 5.92 Å². The van der Waals surface area contributed by atoms with Gasteiger partial charge in [-0.2, -0.15) is 0 Å². The average molecular weight is 317 g/mol. The smallest absolute Gasteiger partial charge is 0.237 e. The topological polar surface area (TPSA) is 41.1 Å². The van der Waals surface area contributed by atoms with Crippen molar-refractivity contribution in [2.24, 2.45) is 5.92 Å². The van der Waals surface area contributed by atoms with Crippen molar-refractivity contribution in [1.82, 2.24) is 10.6 Å². The van der Waals surface area contributed by atoms with Crippen LogP contribution in [0.4, 0.5) is 0 Å². The van der Waals surface area contributed by atoms with E-state index in [1.807, 2.05) is 12.1 Å². The number of carbonyl (C=O) groups excluding carboxylic acids is 1. The second-order valence-corrected chi connectivity index (χ2v) is 7.11. The van der Waals surface area contributed by atoms with E-state index in [-0.39, 0.29) is 11.9 Å². The van der Waals surface area contributed by atoms with Crippen LogP contribution < -0.4 is 10.6 Å². The van der Waals surface area contributed by atoms with Crippen LogP contribution in [0.2, 0.25) is 0 Å². The third-order valence-corrected chi connectivity index (χ3v) is 4.67. The molecule has 0 saturated carbocycles. The number of hydrogen-bond acceptors (Lipinski definition) is 3. The number of piperidine rings is 1. The lowest BCUT2D eigenvalue weighted by Crippen LogP contribution is -2.48. The summed E-state index contributed by atoms with van der Waals surface area (Å²) < 4.78 is 1.10. The second kappa shape index (κ2) is 5.98. The Morgan fingerprint density at radius 2 is 2.47 bits per heavy atom. The molecule has 0 radical (unpaired) electrons. The molecule has 3 nitrogen and oxygen atoms in total. The van der Waals surface area contributed by atoms with E-state index in [4.69, 9.17) is 0 Å². The SMILES string of the molecule is CC1CCNC(C(=O)NCc2ccc(Br)s2)C1. The van der Waals surface area contributed by atoms with Crippen LogP contribution in [0.5, 0.6) is 0 Å². The summed E-state index contributed by atoms with van der Waals surface area (Å²) in [7, 11) is 0. The molecule has 2 atom stereocenters. The number of nitrogens with one attached hydrogen (secondary N) is 2. The summed E-state index contributed by atoms with van der Waals surface area (Å²) in [6.07, 6.45) is 2.11. The van der Waals surface area contributed by atoms with Gasteiger partial charge in [-0.25, -0.2) is 0 Å². The van der Waals surface area contributed by atoms with Gasteiger partial charge in [-0.3, -0.25) is 4.79 Å². The molecule has 5 heteroatoms. The van der Waals surface area contributed by atoms with Gasteiger partial charge in [-0.05, 0) is 53.4 Å². The molecule has 2 unspecified atom stereocenters. The molecule has 2 N–H and O–H groups in total. The van der Waals surface area contributed by atoms with Gasteiger partial charge >= 0.3 is 0 Å². The summed E-state index contributed by atoms with van der Waals surface area (Å²) in [4.78, 5) is 13.1. The van der Waals surface area contributed by atoms with E-state index < -0.39 is 0 Å². The van der Waals surface area contributed by atoms with Gasteiger partial charge in [0.15, 0.2) is 0 Å². The van der Waals surface area contributed by atoms with Crippen LogP contribution in [0.15, 0.2) is 15.9 Å². The predicted octanol–water partition coefficient (Wildman–Crippen LogP) is 2.51. The number of carbonyl (C=O) groups is 1. The van der Waals surface area contributed by atoms with Crippen molar-refractivity contribution in [3.05, 3.63) is 20.8 Å². The molecule has 1 saturated heterocycles. The van der Waals surface area contributed by atoms with Crippen LogP contribution in [-0.2, 0) is 11.3 Å². The van der Waals surface area contributed by atoms with Crippen LogP contribution in [0.3, 0.4) is 0 Å². The predicted molar refractivity (Wildman–Crippen MR) is 74.1 cm³/mol. The molecule has 0 bridgehead atoms. The monoisotopic (exact) mass is 316 g/mol. The molecule has 0 spiro atoms. The molecule has 2 heterocycles.